The van der Waals surface area contributed by atoms with Crippen LogP contribution in [-0.4, -0.2) is 43.2 Å². The molecule has 3 aromatic rings. The van der Waals surface area contributed by atoms with Crippen molar-refractivity contribution in [1.29, 1.82) is 0 Å². The quantitative estimate of drug-likeness (QED) is 0.542. The van der Waals surface area contributed by atoms with Crippen LogP contribution < -0.4 is 24.4 Å². The van der Waals surface area contributed by atoms with Gasteiger partial charge in [-0.2, -0.15) is 0 Å². The first-order valence-corrected chi connectivity index (χ1v) is 11.3. The van der Waals surface area contributed by atoms with Gasteiger partial charge < -0.3 is 24.4 Å². The number of amides is 1. The van der Waals surface area contributed by atoms with Crippen molar-refractivity contribution in [2.75, 3.05) is 37.5 Å². The molecule has 8 heteroatoms. The van der Waals surface area contributed by atoms with Crippen LogP contribution in [0.4, 0.5) is 11.5 Å². The summed E-state index contributed by atoms with van der Waals surface area (Å²) in [7, 11) is 3.16. The average molecular weight is 463 g/mol. The first-order chi connectivity index (χ1) is 16.5. The predicted octanol–water partition coefficient (Wildman–Crippen LogP) is 4.76. The molecule has 1 aliphatic rings. The molecule has 4 rings (SSSR count). The van der Waals surface area contributed by atoms with Crippen molar-refractivity contribution >= 4 is 17.4 Å². The van der Waals surface area contributed by atoms with Crippen molar-refractivity contribution in [2.45, 2.75) is 26.7 Å². The van der Waals surface area contributed by atoms with E-state index < -0.39 is 0 Å². The highest BCUT2D eigenvalue weighted by Crippen LogP contribution is 2.31. The molecule has 8 nitrogen and oxygen atoms in total. The number of methoxy groups -OCH3 is 2. The van der Waals surface area contributed by atoms with Gasteiger partial charge in [-0.25, -0.2) is 9.97 Å². The van der Waals surface area contributed by atoms with Gasteiger partial charge in [0.2, 0.25) is 11.8 Å². The summed E-state index contributed by atoms with van der Waals surface area (Å²) in [6, 6.07) is 13.2. The summed E-state index contributed by atoms with van der Waals surface area (Å²) in [5, 5.41) is 3.00. The standard InChI is InChI=1S/C26H30N4O4/c1-17-6-5-7-21(18(17)2)34-25-15-24(27-16-28-25)30-12-10-19(11-13-30)26(31)29-20-8-9-22(32-3)23(14-20)33-4/h5-9,14-16,19H,10-13H2,1-4H3,(H,29,31). The molecule has 1 amide bonds. The van der Waals surface area contributed by atoms with Crippen LogP contribution in [0.3, 0.4) is 0 Å². The number of rotatable bonds is 7. The smallest absolute Gasteiger partial charge is 0.227 e. The number of carbonyl (C=O) groups is 1. The van der Waals surface area contributed by atoms with Crippen molar-refractivity contribution in [1.82, 2.24) is 9.97 Å². The number of benzene rings is 2. The molecule has 0 bridgehead atoms. The lowest BCUT2D eigenvalue weighted by molar-refractivity contribution is -0.120. The van der Waals surface area contributed by atoms with Gasteiger partial charge in [0.05, 0.1) is 14.2 Å². The molecule has 34 heavy (non-hydrogen) atoms. The Bertz CT molecular complexity index is 1160. The fraction of sp³-hybridized carbons (Fsp3) is 0.346. The van der Waals surface area contributed by atoms with Gasteiger partial charge in [-0.05, 0) is 56.0 Å². The minimum Gasteiger partial charge on any atom is -0.493 e. The molecule has 0 saturated carbocycles. The Balaban J connectivity index is 1.36. The summed E-state index contributed by atoms with van der Waals surface area (Å²) in [5.41, 5.74) is 2.94. The normalized spacial score (nSPS) is 13.9. The van der Waals surface area contributed by atoms with Crippen molar-refractivity contribution in [3.63, 3.8) is 0 Å². The van der Waals surface area contributed by atoms with E-state index in [0.717, 1.165) is 43.1 Å². The molecular weight excluding hydrogens is 432 g/mol. The Morgan fingerprint density at radius 1 is 0.971 bits per heavy atom. The van der Waals surface area contributed by atoms with E-state index in [1.54, 1.807) is 26.4 Å². The molecule has 0 radical (unpaired) electrons. The first kappa shape index (κ1) is 23.4. The average Bonchev–Trinajstić information content (AvgIpc) is 2.87. The molecular formula is C26H30N4O4. The van der Waals surface area contributed by atoms with E-state index in [1.165, 1.54) is 11.9 Å². The Kier molecular flexibility index (Phi) is 7.15. The Morgan fingerprint density at radius 2 is 1.74 bits per heavy atom. The van der Waals surface area contributed by atoms with Gasteiger partial charge in [-0.15, -0.1) is 0 Å². The van der Waals surface area contributed by atoms with Crippen LogP contribution in [-0.2, 0) is 4.79 Å². The number of anilines is 2. The lowest BCUT2D eigenvalue weighted by Crippen LogP contribution is -2.38. The highest BCUT2D eigenvalue weighted by Gasteiger charge is 2.26. The maximum absolute atomic E-state index is 12.8. The van der Waals surface area contributed by atoms with Crippen molar-refractivity contribution in [3.8, 4) is 23.1 Å². The zero-order chi connectivity index (χ0) is 24.1. The highest BCUT2D eigenvalue weighted by atomic mass is 16.5. The number of aryl methyl sites for hydroxylation is 1. The summed E-state index contributed by atoms with van der Waals surface area (Å²) in [6.07, 6.45) is 2.98. The van der Waals surface area contributed by atoms with Crippen LogP contribution in [0.1, 0.15) is 24.0 Å². The second kappa shape index (κ2) is 10.4. The number of hydrogen-bond donors (Lipinski definition) is 1. The van der Waals surface area contributed by atoms with Crippen LogP contribution in [0, 0.1) is 19.8 Å². The van der Waals surface area contributed by atoms with E-state index in [9.17, 15) is 4.79 Å². The summed E-state index contributed by atoms with van der Waals surface area (Å²) >= 11 is 0. The third-order valence-corrected chi connectivity index (χ3v) is 6.24. The van der Waals surface area contributed by atoms with Gasteiger partial charge in [-0.3, -0.25) is 4.79 Å². The molecule has 0 atom stereocenters. The lowest BCUT2D eigenvalue weighted by atomic mass is 9.96. The van der Waals surface area contributed by atoms with E-state index in [4.69, 9.17) is 14.2 Å². The monoisotopic (exact) mass is 462 g/mol. The van der Waals surface area contributed by atoms with E-state index in [2.05, 4.69) is 33.2 Å². The largest absolute Gasteiger partial charge is 0.493 e. The van der Waals surface area contributed by atoms with Gasteiger partial charge in [-0.1, -0.05) is 12.1 Å². The van der Waals surface area contributed by atoms with Crippen LogP contribution >= 0.6 is 0 Å². The first-order valence-electron chi connectivity index (χ1n) is 11.3. The number of nitrogens with one attached hydrogen (secondary N) is 1. The molecule has 0 unspecified atom stereocenters. The zero-order valence-corrected chi connectivity index (χ0v) is 20.0. The molecule has 1 aromatic heterocycles. The van der Waals surface area contributed by atoms with Gasteiger partial charge in [0, 0.05) is 36.8 Å². The molecule has 1 N–H and O–H groups in total. The fourth-order valence-corrected chi connectivity index (χ4v) is 4.04. The van der Waals surface area contributed by atoms with Crippen LogP contribution in [0.2, 0.25) is 0 Å². The number of aromatic nitrogens is 2. The SMILES string of the molecule is COc1ccc(NC(=O)C2CCN(c3cc(Oc4cccc(C)c4C)ncn3)CC2)cc1OC. The number of carbonyl (C=O) groups excluding carboxylic acids is 1. The predicted molar refractivity (Wildman–Crippen MR) is 131 cm³/mol. The lowest BCUT2D eigenvalue weighted by Gasteiger charge is -2.32. The third kappa shape index (κ3) is 5.22. The van der Waals surface area contributed by atoms with Crippen LogP contribution in [0.15, 0.2) is 48.8 Å². The minimum absolute atomic E-state index is 0.00787. The molecule has 0 aliphatic carbocycles. The summed E-state index contributed by atoms with van der Waals surface area (Å²) in [6.45, 7) is 5.54. The molecule has 1 aliphatic heterocycles. The summed E-state index contributed by atoms with van der Waals surface area (Å²) in [5.74, 6) is 3.24. The summed E-state index contributed by atoms with van der Waals surface area (Å²) in [4.78, 5) is 23.7. The van der Waals surface area contributed by atoms with E-state index in [-0.39, 0.29) is 11.8 Å². The van der Waals surface area contributed by atoms with Crippen molar-refractivity contribution in [2.24, 2.45) is 5.92 Å². The van der Waals surface area contributed by atoms with Gasteiger partial charge >= 0.3 is 0 Å². The van der Waals surface area contributed by atoms with E-state index >= 15 is 0 Å². The molecule has 1 fully saturated rings. The number of ether oxygens (including phenoxy) is 3. The number of hydrogen-bond acceptors (Lipinski definition) is 7. The Labute approximate surface area is 199 Å². The van der Waals surface area contributed by atoms with E-state index in [1.807, 2.05) is 31.2 Å². The highest BCUT2D eigenvalue weighted by molar-refractivity contribution is 5.93. The van der Waals surface area contributed by atoms with Crippen molar-refractivity contribution < 1.29 is 19.0 Å². The van der Waals surface area contributed by atoms with Gasteiger partial charge in [0.15, 0.2) is 11.5 Å². The van der Waals surface area contributed by atoms with Gasteiger partial charge in [0.25, 0.3) is 0 Å². The Hall–Kier alpha value is -3.81. The van der Waals surface area contributed by atoms with Crippen LogP contribution in [0.5, 0.6) is 23.1 Å². The van der Waals surface area contributed by atoms with Crippen molar-refractivity contribution in [3.05, 3.63) is 59.9 Å². The van der Waals surface area contributed by atoms with E-state index in [0.29, 0.717) is 23.1 Å². The second-order valence-electron chi connectivity index (χ2n) is 8.33. The molecule has 1 saturated heterocycles. The summed E-state index contributed by atoms with van der Waals surface area (Å²) < 4.78 is 16.6. The minimum atomic E-state index is -0.0724. The number of piperidine rings is 1. The zero-order valence-electron chi connectivity index (χ0n) is 20.0. The molecule has 0 spiro atoms. The maximum atomic E-state index is 12.8. The topological polar surface area (TPSA) is 85.8 Å². The molecule has 2 aromatic carbocycles. The second-order valence-corrected chi connectivity index (χ2v) is 8.33. The van der Waals surface area contributed by atoms with Gasteiger partial charge in [0.1, 0.15) is 17.9 Å². The number of nitrogens with zero attached hydrogens (tertiary/aromatic N) is 3. The molecule has 2 heterocycles. The fourth-order valence-electron chi connectivity index (χ4n) is 4.04. The Morgan fingerprint density at radius 3 is 2.47 bits per heavy atom. The van der Waals surface area contributed by atoms with Crippen LogP contribution in [0.25, 0.3) is 0 Å². The maximum Gasteiger partial charge on any atom is 0.227 e. The molecule has 178 valence electrons. The third-order valence-electron chi connectivity index (χ3n) is 6.24.